The van der Waals surface area contributed by atoms with Gasteiger partial charge in [-0.2, -0.15) is 5.10 Å². The lowest BCUT2D eigenvalue weighted by molar-refractivity contribution is 0.488. The Morgan fingerprint density at radius 1 is 1.29 bits per heavy atom. The van der Waals surface area contributed by atoms with Gasteiger partial charge in [-0.25, -0.2) is 15.2 Å². The number of alkyl halides is 1. The SMILES string of the molecule is C=C(F)/C=C\C=C/CN(N)/C(=N\N)c1cc(-c2cccnc2)cnc1N.CF. The van der Waals surface area contributed by atoms with Crippen molar-refractivity contribution in [2.75, 3.05) is 19.5 Å². The Balaban J connectivity index is 0.00000190. The zero-order valence-electron chi connectivity index (χ0n) is 15.5. The van der Waals surface area contributed by atoms with Gasteiger partial charge in [0, 0.05) is 29.7 Å². The van der Waals surface area contributed by atoms with E-state index in [4.69, 9.17) is 17.4 Å². The van der Waals surface area contributed by atoms with Crippen LogP contribution in [0.5, 0.6) is 0 Å². The van der Waals surface area contributed by atoms with Crippen molar-refractivity contribution in [3.63, 3.8) is 0 Å². The van der Waals surface area contributed by atoms with Crippen LogP contribution in [-0.2, 0) is 0 Å². The molecular formula is C19H23F2N7. The van der Waals surface area contributed by atoms with Crippen LogP contribution in [0.1, 0.15) is 5.56 Å². The summed E-state index contributed by atoms with van der Waals surface area (Å²) in [6.45, 7) is 3.40. The van der Waals surface area contributed by atoms with Crippen molar-refractivity contribution in [3.8, 4) is 11.1 Å². The number of nitrogen functional groups attached to an aromatic ring is 1. The lowest BCUT2D eigenvalue weighted by Gasteiger charge is -2.19. The number of hydrogen-bond donors (Lipinski definition) is 3. The van der Waals surface area contributed by atoms with Crippen LogP contribution < -0.4 is 17.4 Å². The molecule has 0 amide bonds. The van der Waals surface area contributed by atoms with E-state index in [9.17, 15) is 8.78 Å². The van der Waals surface area contributed by atoms with E-state index in [1.165, 1.54) is 17.2 Å². The fourth-order valence-corrected chi connectivity index (χ4v) is 2.14. The summed E-state index contributed by atoms with van der Waals surface area (Å²) in [5.41, 5.74) is 8.14. The molecule has 0 saturated carbocycles. The van der Waals surface area contributed by atoms with Crippen LogP contribution in [0.3, 0.4) is 0 Å². The molecule has 0 saturated heterocycles. The van der Waals surface area contributed by atoms with Gasteiger partial charge in [0.25, 0.3) is 0 Å². The normalized spacial score (nSPS) is 11.4. The van der Waals surface area contributed by atoms with Crippen molar-refractivity contribution in [2.24, 2.45) is 16.8 Å². The molecule has 2 aromatic rings. The van der Waals surface area contributed by atoms with Gasteiger partial charge in [0.05, 0.1) is 19.3 Å². The largest absolute Gasteiger partial charge is 0.383 e. The third kappa shape index (κ3) is 6.61. The molecule has 0 fully saturated rings. The lowest BCUT2D eigenvalue weighted by Crippen LogP contribution is -2.39. The molecule has 2 aromatic heterocycles. The number of anilines is 1. The second-order valence-electron chi connectivity index (χ2n) is 5.24. The molecule has 0 aliphatic rings. The Morgan fingerprint density at radius 2 is 2.04 bits per heavy atom. The van der Waals surface area contributed by atoms with E-state index in [0.29, 0.717) is 12.7 Å². The van der Waals surface area contributed by atoms with E-state index in [1.807, 2.05) is 12.1 Å². The summed E-state index contributed by atoms with van der Waals surface area (Å²) >= 11 is 0. The maximum absolute atomic E-state index is 12.5. The Morgan fingerprint density at radius 3 is 2.64 bits per heavy atom. The Bertz CT molecular complexity index is 849. The van der Waals surface area contributed by atoms with Gasteiger partial charge in [-0.3, -0.25) is 14.4 Å². The van der Waals surface area contributed by atoms with E-state index >= 15 is 0 Å². The summed E-state index contributed by atoms with van der Waals surface area (Å²) in [5.74, 6) is 11.5. The minimum absolute atomic E-state index is 0.245. The molecule has 148 valence electrons. The summed E-state index contributed by atoms with van der Waals surface area (Å²) in [6.07, 6.45) is 11.1. The van der Waals surface area contributed by atoms with Gasteiger partial charge in [-0.1, -0.05) is 30.9 Å². The van der Waals surface area contributed by atoms with Gasteiger partial charge in [-0.15, -0.1) is 0 Å². The predicted octanol–water partition coefficient (Wildman–Crippen LogP) is 2.70. The smallest absolute Gasteiger partial charge is 0.173 e. The zero-order chi connectivity index (χ0) is 20.9. The summed E-state index contributed by atoms with van der Waals surface area (Å²) < 4.78 is 22.0. The van der Waals surface area contributed by atoms with E-state index in [0.717, 1.165) is 11.1 Å². The van der Waals surface area contributed by atoms with Crippen molar-refractivity contribution >= 4 is 11.7 Å². The van der Waals surface area contributed by atoms with Gasteiger partial charge in [0.15, 0.2) is 5.84 Å². The number of nitrogens with zero attached hydrogens (tertiary/aromatic N) is 4. The fraction of sp³-hybridized carbons (Fsp3) is 0.105. The Kier molecular flexibility index (Phi) is 9.55. The lowest BCUT2D eigenvalue weighted by atomic mass is 10.1. The van der Waals surface area contributed by atoms with Crippen LogP contribution in [0.2, 0.25) is 0 Å². The van der Waals surface area contributed by atoms with Crippen molar-refractivity contribution in [1.82, 2.24) is 15.0 Å². The molecule has 9 heteroatoms. The first-order chi connectivity index (χ1) is 13.5. The van der Waals surface area contributed by atoms with Crippen LogP contribution >= 0.6 is 0 Å². The van der Waals surface area contributed by atoms with Gasteiger partial charge in [0.1, 0.15) is 11.6 Å². The number of allylic oxidation sites excluding steroid dienone is 4. The first-order valence-corrected chi connectivity index (χ1v) is 8.04. The van der Waals surface area contributed by atoms with Crippen LogP contribution in [0.15, 0.2) is 78.6 Å². The molecule has 6 N–H and O–H groups in total. The first-order valence-electron chi connectivity index (χ1n) is 8.04. The first kappa shape index (κ1) is 22.5. The topological polar surface area (TPSA) is 119 Å². The fourth-order valence-electron chi connectivity index (χ4n) is 2.14. The number of halogens is 2. The zero-order valence-corrected chi connectivity index (χ0v) is 15.5. The van der Waals surface area contributed by atoms with Crippen LogP contribution in [-0.4, -0.2) is 34.5 Å². The number of hydrogen-bond acceptors (Lipinski definition) is 6. The van der Waals surface area contributed by atoms with Gasteiger partial charge < -0.3 is 11.6 Å². The molecule has 0 radical (unpaired) electrons. The molecule has 7 nitrogen and oxygen atoms in total. The average molecular weight is 387 g/mol. The van der Waals surface area contributed by atoms with E-state index in [1.54, 1.807) is 36.8 Å². The maximum atomic E-state index is 12.5. The summed E-state index contributed by atoms with van der Waals surface area (Å²) in [6, 6.07) is 5.52. The number of pyridine rings is 2. The third-order valence-electron chi connectivity index (χ3n) is 3.37. The maximum Gasteiger partial charge on any atom is 0.173 e. The Labute approximate surface area is 162 Å². The van der Waals surface area contributed by atoms with E-state index in [2.05, 4.69) is 21.6 Å². The predicted molar refractivity (Wildman–Crippen MR) is 109 cm³/mol. The summed E-state index contributed by atoms with van der Waals surface area (Å²) in [5, 5.41) is 5.05. The van der Waals surface area contributed by atoms with Gasteiger partial charge in [0.2, 0.25) is 0 Å². The van der Waals surface area contributed by atoms with Crippen molar-refractivity contribution < 1.29 is 8.78 Å². The number of amidine groups is 1. The number of nitrogens with two attached hydrogens (primary N) is 3. The highest BCUT2D eigenvalue weighted by Crippen LogP contribution is 2.22. The average Bonchev–Trinajstić information content (AvgIpc) is 2.71. The quantitative estimate of drug-likeness (QED) is 0.230. The molecule has 2 rings (SSSR count). The molecule has 0 spiro atoms. The van der Waals surface area contributed by atoms with E-state index < -0.39 is 5.83 Å². The highest BCUT2D eigenvalue weighted by atomic mass is 19.1. The Hall–Kier alpha value is -3.59. The van der Waals surface area contributed by atoms with E-state index in [-0.39, 0.29) is 18.2 Å². The number of rotatable bonds is 6. The minimum Gasteiger partial charge on any atom is -0.383 e. The second kappa shape index (κ2) is 11.9. The number of aromatic nitrogens is 2. The minimum atomic E-state index is -0.533. The molecule has 0 aliphatic carbocycles. The monoisotopic (exact) mass is 387 g/mol. The molecule has 0 aromatic carbocycles. The molecule has 28 heavy (non-hydrogen) atoms. The third-order valence-corrected chi connectivity index (χ3v) is 3.37. The van der Waals surface area contributed by atoms with Crippen molar-refractivity contribution in [3.05, 3.63) is 79.1 Å². The molecule has 2 heterocycles. The van der Waals surface area contributed by atoms with Gasteiger partial charge >= 0.3 is 0 Å². The van der Waals surface area contributed by atoms with Crippen molar-refractivity contribution in [2.45, 2.75) is 0 Å². The highest BCUT2D eigenvalue weighted by Gasteiger charge is 2.15. The number of hydrazone groups is 1. The van der Waals surface area contributed by atoms with Crippen LogP contribution in [0.4, 0.5) is 14.6 Å². The standard InChI is InChI=1S/C18H20FN7.CH3F/c1-13(19)6-3-2-4-9-26(22)18(25-21)16-10-15(12-24-17(16)20)14-7-5-8-23-11-14;1-2/h2-8,10-12H,1,9,21-22H2,(H2,20,24);1H3/b4-2-,6-3-,25-18-;. The van der Waals surface area contributed by atoms with Crippen LogP contribution in [0, 0.1) is 0 Å². The van der Waals surface area contributed by atoms with Crippen molar-refractivity contribution in [1.29, 1.82) is 0 Å². The molecule has 0 aliphatic heterocycles. The summed E-state index contributed by atoms with van der Waals surface area (Å²) in [7, 11) is 0.500. The summed E-state index contributed by atoms with van der Waals surface area (Å²) in [4.78, 5) is 8.27. The second-order valence-corrected chi connectivity index (χ2v) is 5.24. The molecule has 0 unspecified atom stereocenters. The molecule has 0 bridgehead atoms. The van der Waals surface area contributed by atoms with Crippen LogP contribution in [0.25, 0.3) is 11.1 Å². The van der Waals surface area contributed by atoms with Gasteiger partial charge in [-0.05, 0) is 18.2 Å². The number of hydrazine groups is 1. The molecule has 0 atom stereocenters. The highest BCUT2D eigenvalue weighted by molar-refractivity contribution is 6.02. The molecular weight excluding hydrogens is 364 g/mol.